The Hall–Kier alpha value is -1.61. The number of pyridine rings is 1. The Bertz CT molecular complexity index is 609. The Labute approximate surface area is 99.9 Å². The molecule has 1 fully saturated rings. The highest BCUT2D eigenvalue weighted by atomic mass is 16.1. The second-order valence-electron chi connectivity index (χ2n) is 4.78. The molecule has 1 atom stereocenters. The van der Waals surface area contributed by atoms with E-state index in [0.717, 1.165) is 23.0 Å². The van der Waals surface area contributed by atoms with Gasteiger partial charge < -0.3 is 10.3 Å². The molecule has 0 spiro atoms. The maximum absolute atomic E-state index is 11.5. The predicted octanol–water partition coefficient (Wildman–Crippen LogP) is 2.26. The Balaban J connectivity index is 2.11. The number of hydrogen-bond donors (Lipinski definition) is 2. The molecule has 1 aliphatic rings. The lowest BCUT2D eigenvalue weighted by Crippen LogP contribution is -2.13. The van der Waals surface area contributed by atoms with Crippen molar-refractivity contribution >= 4 is 10.9 Å². The number of rotatable bonds is 1. The second kappa shape index (κ2) is 4.00. The van der Waals surface area contributed by atoms with Gasteiger partial charge in [-0.05, 0) is 55.5 Å². The second-order valence-corrected chi connectivity index (χ2v) is 4.78. The molecule has 2 N–H and O–H groups in total. The first-order valence-electron chi connectivity index (χ1n) is 6.11. The molecule has 3 heteroatoms. The van der Waals surface area contributed by atoms with Gasteiger partial charge in [0, 0.05) is 17.1 Å². The van der Waals surface area contributed by atoms with Gasteiger partial charge in [-0.25, -0.2) is 0 Å². The van der Waals surface area contributed by atoms with Crippen LogP contribution in [0.3, 0.4) is 0 Å². The summed E-state index contributed by atoms with van der Waals surface area (Å²) in [5, 5.41) is 4.61. The summed E-state index contributed by atoms with van der Waals surface area (Å²) in [6, 6.07) is 8.74. The van der Waals surface area contributed by atoms with Crippen LogP contribution in [-0.2, 0) is 0 Å². The van der Waals surface area contributed by atoms with E-state index in [2.05, 4.69) is 22.4 Å². The molecule has 1 aromatic heterocycles. The van der Waals surface area contributed by atoms with Crippen LogP contribution in [0.4, 0.5) is 0 Å². The first-order chi connectivity index (χ1) is 8.24. The van der Waals surface area contributed by atoms with Crippen LogP contribution in [-0.4, -0.2) is 11.5 Å². The topological polar surface area (TPSA) is 44.9 Å². The molecule has 1 aromatic carbocycles. The number of aromatic amines is 1. The van der Waals surface area contributed by atoms with Crippen molar-refractivity contribution in [3.8, 4) is 0 Å². The minimum atomic E-state index is 0.00393. The SMILES string of the molecule is Cc1cc2cc(C3CCCN3)ccc2[nH]c1=O. The van der Waals surface area contributed by atoms with Crippen molar-refractivity contribution in [3.63, 3.8) is 0 Å². The quantitative estimate of drug-likeness (QED) is 0.786. The van der Waals surface area contributed by atoms with Crippen molar-refractivity contribution in [2.45, 2.75) is 25.8 Å². The first kappa shape index (κ1) is 10.5. The Morgan fingerprint density at radius 1 is 1.29 bits per heavy atom. The van der Waals surface area contributed by atoms with Gasteiger partial charge in [0.05, 0.1) is 0 Å². The lowest BCUT2D eigenvalue weighted by atomic mass is 10.0. The number of nitrogens with one attached hydrogen (secondary N) is 2. The molecule has 1 saturated heterocycles. The fraction of sp³-hybridized carbons (Fsp3) is 0.357. The van der Waals surface area contributed by atoms with Gasteiger partial charge in [-0.3, -0.25) is 4.79 Å². The van der Waals surface area contributed by atoms with E-state index in [9.17, 15) is 4.79 Å². The average molecular weight is 228 g/mol. The summed E-state index contributed by atoms with van der Waals surface area (Å²) in [5.41, 5.74) is 3.02. The van der Waals surface area contributed by atoms with Crippen LogP contribution >= 0.6 is 0 Å². The van der Waals surface area contributed by atoms with Crippen molar-refractivity contribution < 1.29 is 0 Å². The summed E-state index contributed by atoms with van der Waals surface area (Å²) in [5.74, 6) is 0. The standard InChI is InChI=1S/C14H16N2O/c1-9-7-11-8-10(12-3-2-6-15-12)4-5-13(11)16-14(9)17/h4-5,7-8,12,15H,2-3,6H2,1H3,(H,16,17). The highest BCUT2D eigenvalue weighted by Crippen LogP contribution is 2.25. The largest absolute Gasteiger partial charge is 0.322 e. The predicted molar refractivity (Wildman–Crippen MR) is 69.3 cm³/mol. The van der Waals surface area contributed by atoms with Gasteiger partial charge in [-0.2, -0.15) is 0 Å². The first-order valence-corrected chi connectivity index (χ1v) is 6.11. The summed E-state index contributed by atoms with van der Waals surface area (Å²) in [7, 11) is 0. The minimum absolute atomic E-state index is 0.00393. The van der Waals surface area contributed by atoms with Gasteiger partial charge in [0.15, 0.2) is 0 Å². The highest BCUT2D eigenvalue weighted by Gasteiger charge is 2.16. The summed E-state index contributed by atoms with van der Waals surface area (Å²) < 4.78 is 0. The van der Waals surface area contributed by atoms with Gasteiger partial charge >= 0.3 is 0 Å². The summed E-state index contributed by atoms with van der Waals surface area (Å²) in [6.45, 7) is 2.95. The molecule has 0 bridgehead atoms. The van der Waals surface area contributed by atoms with E-state index >= 15 is 0 Å². The number of H-pyrrole nitrogens is 1. The molecule has 0 saturated carbocycles. The number of hydrogen-bond acceptors (Lipinski definition) is 2. The molecular formula is C14H16N2O. The van der Waals surface area contributed by atoms with Crippen LogP contribution in [0.5, 0.6) is 0 Å². The number of aromatic nitrogens is 1. The van der Waals surface area contributed by atoms with Gasteiger partial charge in [-0.15, -0.1) is 0 Å². The monoisotopic (exact) mass is 228 g/mol. The number of benzene rings is 1. The molecular weight excluding hydrogens is 212 g/mol. The van der Waals surface area contributed by atoms with Gasteiger partial charge in [0.25, 0.3) is 5.56 Å². The van der Waals surface area contributed by atoms with Crippen LogP contribution in [0.2, 0.25) is 0 Å². The molecule has 17 heavy (non-hydrogen) atoms. The summed E-state index contributed by atoms with van der Waals surface area (Å²) in [4.78, 5) is 14.4. The molecule has 3 nitrogen and oxygen atoms in total. The van der Waals surface area contributed by atoms with E-state index in [-0.39, 0.29) is 5.56 Å². The van der Waals surface area contributed by atoms with Gasteiger partial charge in [0.2, 0.25) is 0 Å². The molecule has 2 aromatic rings. The van der Waals surface area contributed by atoms with Crippen molar-refractivity contribution in [1.82, 2.24) is 10.3 Å². The highest BCUT2D eigenvalue weighted by molar-refractivity contribution is 5.79. The lowest BCUT2D eigenvalue weighted by molar-refractivity contribution is 0.648. The van der Waals surface area contributed by atoms with E-state index < -0.39 is 0 Å². The zero-order valence-corrected chi connectivity index (χ0v) is 9.92. The van der Waals surface area contributed by atoms with E-state index in [0.29, 0.717) is 6.04 Å². The van der Waals surface area contributed by atoms with Gasteiger partial charge in [0.1, 0.15) is 0 Å². The summed E-state index contributed by atoms with van der Waals surface area (Å²) in [6.07, 6.45) is 2.45. The van der Waals surface area contributed by atoms with Crippen molar-refractivity contribution in [3.05, 3.63) is 45.7 Å². The van der Waals surface area contributed by atoms with E-state index in [1.54, 1.807) is 0 Å². The van der Waals surface area contributed by atoms with Crippen molar-refractivity contribution in [1.29, 1.82) is 0 Å². The third-order valence-corrected chi connectivity index (χ3v) is 3.52. The van der Waals surface area contributed by atoms with E-state index in [4.69, 9.17) is 0 Å². The van der Waals surface area contributed by atoms with Crippen LogP contribution in [0.15, 0.2) is 29.1 Å². The van der Waals surface area contributed by atoms with Crippen molar-refractivity contribution in [2.75, 3.05) is 6.54 Å². The van der Waals surface area contributed by atoms with E-state index in [1.165, 1.54) is 18.4 Å². The molecule has 0 aliphatic carbocycles. The van der Waals surface area contributed by atoms with Crippen LogP contribution < -0.4 is 10.9 Å². The Morgan fingerprint density at radius 2 is 2.18 bits per heavy atom. The smallest absolute Gasteiger partial charge is 0.251 e. The van der Waals surface area contributed by atoms with Crippen LogP contribution in [0.1, 0.15) is 30.0 Å². The maximum atomic E-state index is 11.5. The molecule has 0 radical (unpaired) electrons. The molecule has 1 aliphatic heterocycles. The third kappa shape index (κ3) is 1.87. The maximum Gasteiger partial charge on any atom is 0.251 e. The third-order valence-electron chi connectivity index (χ3n) is 3.52. The number of aryl methyl sites for hydroxylation is 1. The van der Waals surface area contributed by atoms with Crippen molar-refractivity contribution in [2.24, 2.45) is 0 Å². The Kier molecular flexibility index (Phi) is 2.48. The zero-order chi connectivity index (χ0) is 11.8. The fourth-order valence-electron chi connectivity index (χ4n) is 2.52. The van der Waals surface area contributed by atoms with E-state index in [1.807, 2.05) is 19.1 Å². The molecule has 0 amide bonds. The lowest BCUT2D eigenvalue weighted by Gasteiger charge is -2.11. The van der Waals surface area contributed by atoms with Crippen LogP contribution in [0, 0.1) is 6.92 Å². The number of fused-ring (bicyclic) bond motifs is 1. The molecule has 3 rings (SSSR count). The fourth-order valence-corrected chi connectivity index (χ4v) is 2.52. The van der Waals surface area contributed by atoms with Crippen LogP contribution in [0.25, 0.3) is 10.9 Å². The minimum Gasteiger partial charge on any atom is -0.322 e. The zero-order valence-electron chi connectivity index (χ0n) is 9.92. The molecule has 1 unspecified atom stereocenters. The normalized spacial score (nSPS) is 19.9. The summed E-state index contributed by atoms with van der Waals surface area (Å²) >= 11 is 0. The molecule has 88 valence electrons. The molecule has 2 heterocycles. The van der Waals surface area contributed by atoms with Gasteiger partial charge in [-0.1, -0.05) is 6.07 Å². The average Bonchev–Trinajstić information content (AvgIpc) is 2.83. The Morgan fingerprint density at radius 3 is 2.94 bits per heavy atom.